The average Bonchev–Trinajstić information content (AvgIpc) is 3.23. The zero-order valence-corrected chi connectivity index (χ0v) is 16.6. The van der Waals surface area contributed by atoms with Gasteiger partial charge in [-0.1, -0.05) is 30.3 Å². The number of nitrogens with two attached hydrogens (primary N) is 3. The fourth-order valence-corrected chi connectivity index (χ4v) is 2.27. The van der Waals surface area contributed by atoms with Crippen molar-refractivity contribution in [2.75, 3.05) is 6.54 Å². The molecule has 0 unspecified atom stereocenters. The van der Waals surface area contributed by atoms with Crippen LogP contribution in [0.25, 0.3) is 0 Å². The van der Waals surface area contributed by atoms with Gasteiger partial charge in [-0.25, -0.2) is 0 Å². The molecule has 1 aliphatic rings. The van der Waals surface area contributed by atoms with Gasteiger partial charge in [-0.3, -0.25) is 19.2 Å². The summed E-state index contributed by atoms with van der Waals surface area (Å²) in [5.74, 6) is -3.32. The number of amides is 1. The van der Waals surface area contributed by atoms with Gasteiger partial charge in [0, 0.05) is 6.42 Å². The van der Waals surface area contributed by atoms with Crippen molar-refractivity contribution in [3.8, 4) is 0 Å². The molecule has 0 radical (unpaired) electrons. The van der Waals surface area contributed by atoms with Gasteiger partial charge in [-0.05, 0) is 37.8 Å². The number of rotatable bonds is 8. The van der Waals surface area contributed by atoms with Crippen molar-refractivity contribution in [3.63, 3.8) is 0 Å². The van der Waals surface area contributed by atoms with Gasteiger partial charge in [0.15, 0.2) is 0 Å². The summed E-state index contributed by atoms with van der Waals surface area (Å²) in [7, 11) is 0. The molecule has 0 saturated carbocycles. The van der Waals surface area contributed by atoms with Gasteiger partial charge < -0.3 is 37.8 Å². The topological polar surface area (TPSA) is 219 Å². The molecule has 0 bridgehead atoms. The fraction of sp³-hybridized carbons (Fsp3) is 0.474. The molecule has 1 fully saturated rings. The van der Waals surface area contributed by atoms with E-state index in [1.807, 2.05) is 30.3 Å². The third-order valence-corrected chi connectivity index (χ3v) is 3.99. The Morgan fingerprint density at radius 1 is 1.00 bits per heavy atom. The van der Waals surface area contributed by atoms with Gasteiger partial charge in [0.2, 0.25) is 5.91 Å². The van der Waals surface area contributed by atoms with E-state index in [2.05, 4.69) is 5.32 Å². The minimum Gasteiger partial charge on any atom is -0.480 e. The lowest BCUT2D eigenvalue weighted by atomic mass is 10.1. The van der Waals surface area contributed by atoms with Crippen molar-refractivity contribution in [1.29, 1.82) is 0 Å². The number of benzene rings is 1. The number of aliphatic carboxylic acids is 3. The number of carbonyl (C=O) groups is 4. The lowest BCUT2D eigenvalue weighted by Gasteiger charge is -2.04. The first-order chi connectivity index (χ1) is 14.0. The zero-order valence-electron chi connectivity index (χ0n) is 16.6. The maximum atomic E-state index is 10.4. The Hall–Kier alpha value is -3.02. The van der Waals surface area contributed by atoms with Gasteiger partial charge >= 0.3 is 17.9 Å². The van der Waals surface area contributed by atoms with E-state index in [0.717, 1.165) is 24.9 Å². The molecule has 2 rings (SSSR count). The maximum absolute atomic E-state index is 10.4. The number of hydrogen-bond donors (Lipinski definition) is 7. The van der Waals surface area contributed by atoms with Crippen LogP contribution in [-0.2, 0) is 25.6 Å². The summed E-state index contributed by atoms with van der Waals surface area (Å²) in [6.07, 6.45) is 2.29. The third-order valence-electron chi connectivity index (χ3n) is 3.99. The fourth-order valence-electron chi connectivity index (χ4n) is 2.27. The molecule has 30 heavy (non-hydrogen) atoms. The summed E-state index contributed by atoms with van der Waals surface area (Å²) in [6, 6.07) is 7.30. The summed E-state index contributed by atoms with van der Waals surface area (Å²) < 4.78 is 0. The highest BCUT2D eigenvalue weighted by molar-refractivity contribution is 5.77. The van der Waals surface area contributed by atoms with Gasteiger partial charge in [-0.15, -0.1) is 0 Å². The van der Waals surface area contributed by atoms with Crippen LogP contribution in [0.1, 0.15) is 31.2 Å². The molecule has 1 amide bonds. The molecule has 3 atom stereocenters. The molecule has 11 nitrogen and oxygen atoms in total. The molecule has 0 aromatic heterocycles. The van der Waals surface area contributed by atoms with Gasteiger partial charge in [0.05, 0.1) is 0 Å². The summed E-state index contributed by atoms with van der Waals surface area (Å²) in [5.41, 5.74) is 16.1. The summed E-state index contributed by atoms with van der Waals surface area (Å²) in [5, 5.41) is 27.9. The molecule has 1 heterocycles. The van der Waals surface area contributed by atoms with Crippen LogP contribution < -0.4 is 22.5 Å². The van der Waals surface area contributed by atoms with E-state index in [1.54, 1.807) is 0 Å². The molecule has 1 aliphatic heterocycles. The van der Waals surface area contributed by atoms with Gasteiger partial charge in [0.25, 0.3) is 0 Å². The number of carboxylic acid groups (broad SMARTS) is 3. The second-order valence-corrected chi connectivity index (χ2v) is 6.57. The van der Waals surface area contributed by atoms with Crippen molar-refractivity contribution in [2.24, 2.45) is 17.2 Å². The van der Waals surface area contributed by atoms with E-state index in [-0.39, 0.29) is 18.9 Å². The Morgan fingerprint density at radius 3 is 1.93 bits per heavy atom. The van der Waals surface area contributed by atoms with Crippen LogP contribution in [0.2, 0.25) is 0 Å². The monoisotopic (exact) mass is 426 g/mol. The predicted molar refractivity (Wildman–Crippen MR) is 108 cm³/mol. The molecule has 11 heteroatoms. The predicted octanol–water partition coefficient (Wildman–Crippen LogP) is -0.872. The highest BCUT2D eigenvalue weighted by Crippen LogP contribution is 2.03. The quantitative estimate of drug-likeness (QED) is 0.272. The van der Waals surface area contributed by atoms with Crippen LogP contribution in [0.4, 0.5) is 0 Å². The van der Waals surface area contributed by atoms with E-state index >= 15 is 0 Å². The SMILES string of the molecule is NC(=O)CC[C@H](N)C(=O)O.N[C@@H](Cc1ccccc1)C(=O)O.O=C(O)[C@@H]1CCCN1. The van der Waals surface area contributed by atoms with Crippen molar-refractivity contribution in [2.45, 2.75) is 50.2 Å². The number of hydrogen-bond acceptors (Lipinski definition) is 7. The first-order valence-electron chi connectivity index (χ1n) is 9.29. The van der Waals surface area contributed by atoms with E-state index in [9.17, 15) is 19.2 Å². The van der Waals surface area contributed by atoms with Crippen LogP contribution in [0.5, 0.6) is 0 Å². The molecule has 1 aromatic carbocycles. The number of primary amides is 1. The molecular formula is C19H30N4O7. The lowest BCUT2D eigenvalue weighted by molar-refractivity contribution is -0.139. The standard InChI is InChI=1S/C9H11NO2.C5H10N2O3.C5H9NO2/c10-8(9(11)12)6-7-4-2-1-3-5-7;6-3(5(9)10)1-2-4(7)8;7-5(8)4-2-1-3-6-4/h1-5,8H,6,10H2,(H,11,12);3H,1-2,6H2,(H2,7,8)(H,9,10);4,6H,1-3H2,(H,7,8)/t8-;3-;4-/m000/s1. The summed E-state index contributed by atoms with van der Waals surface area (Å²) in [6.45, 7) is 0.858. The first kappa shape index (κ1) is 27.0. The molecule has 168 valence electrons. The van der Waals surface area contributed by atoms with Crippen LogP contribution in [0, 0.1) is 0 Å². The number of carboxylic acids is 3. The minimum absolute atomic E-state index is 0.0213. The van der Waals surface area contributed by atoms with E-state index in [0.29, 0.717) is 6.42 Å². The highest BCUT2D eigenvalue weighted by Gasteiger charge is 2.20. The van der Waals surface area contributed by atoms with Crippen LogP contribution in [0.3, 0.4) is 0 Å². The molecular weight excluding hydrogens is 396 g/mol. The van der Waals surface area contributed by atoms with E-state index in [4.69, 9.17) is 32.5 Å². The summed E-state index contributed by atoms with van der Waals surface area (Å²) in [4.78, 5) is 40.7. The van der Waals surface area contributed by atoms with Crippen LogP contribution in [-0.4, -0.2) is 63.8 Å². The Kier molecular flexibility index (Phi) is 13.4. The molecule has 10 N–H and O–H groups in total. The molecule has 0 aliphatic carbocycles. The van der Waals surface area contributed by atoms with Crippen molar-refractivity contribution in [1.82, 2.24) is 5.32 Å². The normalized spacial score (nSPS) is 16.7. The number of carbonyl (C=O) groups excluding carboxylic acids is 1. The molecule has 1 saturated heterocycles. The second kappa shape index (κ2) is 14.9. The van der Waals surface area contributed by atoms with E-state index in [1.165, 1.54) is 0 Å². The molecule has 1 aromatic rings. The van der Waals surface area contributed by atoms with Crippen molar-refractivity contribution in [3.05, 3.63) is 35.9 Å². The van der Waals surface area contributed by atoms with Gasteiger partial charge in [0.1, 0.15) is 18.1 Å². The smallest absolute Gasteiger partial charge is 0.320 e. The van der Waals surface area contributed by atoms with Crippen molar-refractivity contribution >= 4 is 23.8 Å². The Labute approximate surface area is 174 Å². The minimum atomic E-state index is -1.11. The second-order valence-electron chi connectivity index (χ2n) is 6.57. The van der Waals surface area contributed by atoms with Crippen LogP contribution >= 0.6 is 0 Å². The lowest BCUT2D eigenvalue weighted by Crippen LogP contribution is -2.32. The van der Waals surface area contributed by atoms with Crippen LogP contribution in [0.15, 0.2) is 30.3 Å². The molecule has 0 spiro atoms. The third kappa shape index (κ3) is 13.2. The zero-order chi connectivity index (χ0) is 23.1. The number of nitrogens with one attached hydrogen (secondary N) is 1. The Morgan fingerprint density at radius 2 is 1.57 bits per heavy atom. The summed E-state index contributed by atoms with van der Waals surface area (Å²) >= 11 is 0. The highest BCUT2D eigenvalue weighted by atomic mass is 16.4. The van der Waals surface area contributed by atoms with E-state index < -0.39 is 35.9 Å². The Bertz CT molecular complexity index is 679. The Balaban J connectivity index is 0.000000429. The average molecular weight is 426 g/mol. The van der Waals surface area contributed by atoms with Crippen molar-refractivity contribution < 1.29 is 34.5 Å². The van der Waals surface area contributed by atoms with Gasteiger partial charge in [-0.2, -0.15) is 0 Å². The largest absolute Gasteiger partial charge is 0.480 e. The maximum Gasteiger partial charge on any atom is 0.320 e. The first-order valence-corrected chi connectivity index (χ1v) is 9.29.